The fourth-order valence-electron chi connectivity index (χ4n) is 1.89. The quantitative estimate of drug-likeness (QED) is 0.668. The molecule has 2 aromatic rings. The summed E-state index contributed by atoms with van der Waals surface area (Å²) in [6, 6.07) is 3.90. The zero-order valence-corrected chi connectivity index (χ0v) is 12.9. The summed E-state index contributed by atoms with van der Waals surface area (Å²) in [6.45, 7) is 0.559. The van der Waals surface area contributed by atoms with Crippen molar-refractivity contribution in [2.75, 3.05) is 7.05 Å². The van der Waals surface area contributed by atoms with E-state index in [4.69, 9.17) is 0 Å². The van der Waals surface area contributed by atoms with Crippen LogP contribution in [0.25, 0.3) is 0 Å². The van der Waals surface area contributed by atoms with E-state index in [9.17, 15) is 13.2 Å². The van der Waals surface area contributed by atoms with Crippen LogP contribution in [0.1, 0.15) is 16.1 Å². The van der Waals surface area contributed by atoms with E-state index >= 15 is 0 Å². The highest BCUT2D eigenvalue weighted by Gasteiger charge is 2.36. The fraction of sp³-hybridized carbons (Fsp3) is 0.385. The third kappa shape index (κ3) is 4.23. The molecule has 0 fully saturated rings. The summed E-state index contributed by atoms with van der Waals surface area (Å²) in [6.07, 6.45) is -3.12. The van der Waals surface area contributed by atoms with Crippen molar-refractivity contribution >= 4 is 17.3 Å². The molecule has 22 heavy (non-hydrogen) atoms. The number of guanidine groups is 1. The first-order valence-corrected chi connectivity index (χ1v) is 7.34. The molecule has 0 aliphatic rings. The Labute approximate surface area is 129 Å². The molecular formula is C13H16F3N5S. The second-order valence-corrected chi connectivity index (χ2v) is 5.57. The van der Waals surface area contributed by atoms with Gasteiger partial charge in [0.25, 0.3) is 0 Å². The summed E-state index contributed by atoms with van der Waals surface area (Å²) in [5.74, 6) is 0.436. The van der Waals surface area contributed by atoms with E-state index in [1.165, 1.54) is 13.2 Å². The zero-order valence-electron chi connectivity index (χ0n) is 12.1. The Balaban J connectivity index is 1.96. The normalized spacial score (nSPS) is 12.5. The molecule has 2 rings (SSSR count). The summed E-state index contributed by atoms with van der Waals surface area (Å²) < 4.78 is 39.7. The van der Waals surface area contributed by atoms with Crippen LogP contribution in [0.2, 0.25) is 0 Å². The van der Waals surface area contributed by atoms with Crippen LogP contribution >= 0.6 is 11.3 Å². The number of rotatable bonds is 4. The van der Waals surface area contributed by atoms with Crippen molar-refractivity contribution in [3.63, 3.8) is 0 Å². The average molecular weight is 331 g/mol. The Morgan fingerprint density at radius 2 is 2.09 bits per heavy atom. The van der Waals surface area contributed by atoms with E-state index in [-0.39, 0.29) is 12.1 Å². The molecule has 0 bridgehead atoms. The van der Waals surface area contributed by atoms with E-state index in [1.54, 1.807) is 18.4 Å². The van der Waals surface area contributed by atoms with Crippen molar-refractivity contribution in [1.82, 2.24) is 20.4 Å². The first-order valence-electron chi connectivity index (χ1n) is 6.46. The minimum atomic E-state index is -4.47. The summed E-state index contributed by atoms with van der Waals surface area (Å²) in [4.78, 5) is 5.10. The first kappa shape index (κ1) is 16.3. The van der Waals surface area contributed by atoms with Crippen LogP contribution < -0.4 is 10.6 Å². The van der Waals surface area contributed by atoms with Gasteiger partial charge in [-0.05, 0) is 11.4 Å². The second kappa shape index (κ2) is 6.82. The number of halogens is 3. The van der Waals surface area contributed by atoms with Crippen molar-refractivity contribution < 1.29 is 13.2 Å². The van der Waals surface area contributed by atoms with Gasteiger partial charge in [0.2, 0.25) is 0 Å². The molecule has 0 aliphatic heterocycles. The number of aliphatic imine (C=N–C) groups is 1. The number of hydrogen-bond acceptors (Lipinski definition) is 3. The van der Waals surface area contributed by atoms with Crippen LogP contribution in [-0.4, -0.2) is 22.8 Å². The van der Waals surface area contributed by atoms with Gasteiger partial charge in [-0.3, -0.25) is 9.67 Å². The Hall–Kier alpha value is -2.03. The molecule has 5 nitrogen and oxygen atoms in total. The van der Waals surface area contributed by atoms with Crippen molar-refractivity contribution in [2.45, 2.75) is 19.3 Å². The number of nitrogens with one attached hydrogen (secondary N) is 2. The minimum absolute atomic E-state index is 0.00715. The van der Waals surface area contributed by atoms with E-state index in [0.717, 1.165) is 9.56 Å². The lowest BCUT2D eigenvalue weighted by Gasteiger charge is -2.11. The smallest absolute Gasteiger partial charge is 0.352 e. The lowest BCUT2D eigenvalue weighted by atomic mass is 10.2. The van der Waals surface area contributed by atoms with Gasteiger partial charge < -0.3 is 10.6 Å². The number of hydrogen-bond donors (Lipinski definition) is 2. The van der Waals surface area contributed by atoms with Gasteiger partial charge in [0.15, 0.2) is 11.7 Å². The topological polar surface area (TPSA) is 54.2 Å². The highest BCUT2D eigenvalue weighted by Crippen LogP contribution is 2.30. The maximum absolute atomic E-state index is 12.9. The van der Waals surface area contributed by atoms with Gasteiger partial charge in [0.05, 0.1) is 6.54 Å². The monoisotopic (exact) mass is 331 g/mol. The zero-order chi connectivity index (χ0) is 16.2. The van der Waals surface area contributed by atoms with Gasteiger partial charge in [0, 0.05) is 37.3 Å². The van der Waals surface area contributed by atoms with Gasteiger partial charge in [-0.15, -0.1) is 11.3 Å². The van der Waals surface area contributed by atoms with Gasteiger partial charge in [-0.2, -0.15) is 18.3 Å². The molecule has 9 heteroatoms. The summed E-state index contributed by atoms with van der Waals surface area (Å²) >= 11 is 1.59. The number of aryl methyl sites for hydroxylation is 1. The standard InChI is InChI=1S/C13H16F3N5S/c1-17-12(19-7-10-4-3-5-22-10)18-6-9-8-21(2)20-11(9)13(14,15)16/h3-5,8H,6-7H2,1-2H3,(H2,17,18,19). The predicted octanol–water partition coefficient (Wildman–Crippen LogP) is 2.37. The molecule has 0 spiro atoms. The van der Waals surface area contributed by atoms with Crippen molar-refractivity contribution in [1.29, 1.82) is 0 Å². The Bertz CT molecular complexity index is 631. The highest BCUT2D eigenvalue weighted by atomic mass is 32.1. The second-order valence-electron chi connectivity index (χ2n) is 4.53. The molecular weight excluding hydrogens is 315 g/mol. The van der Waals surface area contributed by atoms with Crippen LogP contribution in [0.4, 0.5) is 13.2 Å². The molecule has 2 heterocycles. The maximum atomic E-state index is 12.9. The van der Waals surface area contributed by atoms with E-state index in [1.807, 2.05) is 17.5 Å². The molecule has 2 N–H and O–H groups in total. The fourth-order valence-corrected chi connectivity index (χ4v) is 2.53. The van der Waals surface area contributed by atoms with Crippen molar-refractivity contribution in [3.05, 3.63) is 39.8 Å². The SMILES string of the molecule is CN=C(NCc1cccs1)NCc1cn(C)nc1C(F)(F)F. The molecule has 2 aromatic heterocycles. The molecule has 0 aliphatic carbocycles. The number of aromatic nitrogens is 2. The first-order chi connectivity index (χ1) is 10.4. The van der Waals surface area contributed by atoms with Crippen LogP contribution in [0.5, 0.6) is 0 Å². The van der Waals surface area contributed by atoms with E-state index < -0.39 is 11.9 Å². The molecule has 0 aromatic carbocycles. The predicted molar refractivity (Wildman–Crippen MR) is 79.6 cm³/mol. The van der Waals surface area contributed by atoms with Crippen LogP contribution in [0.15, 0.2) is 28.7 Å². The Kier molecular flexibility index (Phi) is 5.07. The molecule has 0 radical (unpaired) electrons. The summed E-state index contributed by atoms with van der Waals surface area (Å²) in [5, 5.41) is 11.3. The van der Waals surface area contributed by atoms with Crippen molar-refractivity contribution in [3.8, 4) is 0 Å². The van der Waals surface area contributed by atoms with Gasteiger partial charge in [-0.1, -0.05) is 6.07 Å². The third-order valence-corrected chi connectivity index (χ3v) is 3.73. The molecule has 120 valence electrons. The van der Waals surface area contributed by atoms with Crippen LogP contribution in [0.3, 0.4) is 0 Å². The molecule has 0 atom stereocenters. The maximum Gasteiger partial charge on any atom is 0.435 e. The number of alkyl halides is 3. The van der Waals surface area contributed by atoms with Crippen LogP contribution in [0, 0.1) is 0 Å². The van der Waals surface area contributed by atoms with Gasteiger partial charge >= 0.3 is 6.18 Å². The van der Waals surface area contributed by atoms with Gasteiger partial charge in [-0.25, -0.2) is 0 Å². The van der Waals surface area contributed by atoms with E-state index in [0.29, 0.717) is 12.5 Å². The third-order valence-electron chi connectivity index (χ3n) is 2.85. The average Bonchev–Trinajstić information content (AvgIpc) is 3.07. The Morgan fingerprint density at radius 3 is 2.68 bits per heavy atom. The largest absolute Gasteiger partial charge is 0.435 e. The summed E-state index contributed by atoms with van der Waals surface area (Å²) in [5.41, 5.74) is -0.801. The van der Waals surface area contributed by atoms with Crippen molar-refractivity contribution in [2.24, 2.45) is 12.0 Å². The minimum Gasteiger partial charge on any atom is -0.352 e. The van der Waals surface area contributed by atoms with E-state index in [2.05, 4.69) is 20.7 Å². The van der Waals surface area contributed by atoms with Crippen LogP contribution in [-0.2, 0) is 26.3 Å². The molecule has 0 amide bonds. The lowest BCUT2D eigenvalue weighted by Crippen LogP contribution is -2.36. The number of thiophene rings is 1. The Morgan fingerprint density at radius 1 is 1.36 bits per heavy atom. The number of nitrogens with zero attached hydrogens (tertiary/aromatic N) is 3. The lowest BCUT2D eigenvalue weighted by molar-refractivity contribution is -0.142. The van der Waals surface area contributed by atoms with Gasteiger partial charge in [0.1, 0.15) is 0 Å². The molecule has 0 saturated heterocycles. The highest BCUT2D eigenvalue weighted by molar-refractivity contribution is 7.09. The molecule has 0 saturated carbocycles. The summed E-state index contributed by atoms with van der Waals surface area (Å²) in [7, 11) is 3.03. The molecule has 0 unspecified atom stereocenters.